The van der Waals surface area contributed by atoms with Gasteiger partial charge in [-0.3, -0.25) is 4.90 Å². The maximum Gasteiger partial charge on any atom is 0.0593 e. The quantitative estimate of drug-likeness (QED) is 0.519. The normalized spacial score (nSPS) is 26.0. The van der Waals surface area contributed by atoms with Gasteiger partial charge < -0.3 is 10.1 Å². The topological polar surface area (TPSA) is 24.5 Å². The Labute approximate surface area is 106 Å². The lowest BCUT2D eigenvalue weighted by Gasteiger charge is -2.39. The molecule has 1 aliphatic heterocycles. The summed E-state index contributed by atoms with van der Waals surface area (Å²) in [5.74, 6) is 0. The lowest BCUT2D eigenvalue weighted by atomic mass is 10.1. The number of nitrogens with zero attached hydrogens (tertiary/aromatic N) is 1. The number of rotatable bonds is 8. The summed E-state index contributed by atoms with van der Waals surface area (Å²) in [5.41, 5.74) is 0. The molecule has 2 unspecified atom stereocenters. The predicted molar refractivity (Wildman–Crippen MR) is 73.4 cm³/mol. The smallest absolute Gasteiger partial charge is 0.0593 e. The van der Waals surface area contributed by atoms with Crippen molar-refractivity contribution in [1.82, 2.24) is 10.2 Å². The van der Waals surface area contributed by atoms with Crippen molar-refractivity contribution in [2.45, 2.75) is 45.2 Å². The zero-order chi connectivity index (χ0) is 12.5. The summed E-state index contributed by atoms with van der Waals surface area (Å²) in [6, 6.07) is 1.34. The molecule has 3 nitrogen and oxygen atoms in total. The molecule has 2 atom stereocenters. The highest BCUT2D eigenvalue weighted by atomic mass is 16.5. The predicted octanol–water partition coefficient (Wildman–Crippen LogP) is 2.04. The van der Waals surface area contributed by atoms with Crippen molar-refractivity contribution in [3.63, 3.8) is 0 Å². The average Bonchev–Trinajstić information content (AvgIpc) is 2.38. The van der Waals surface area contributed by atoms with Crippen LogP contribution >= 0.6 is 0 Å². The molecule has 0 radical (unpaired) electrons. The fourth-order valence-electron chi connectivity index (χ4n) is 2.33. The lowest BCUT2D eigenvalue weighted by Crippen LogP contribution is -2.56. The number of piperazine rings is 1. The van der Waals surface area contributed by atoms with Gasteiger partial charge in [-0.2, -0.15) is 0 Å². The van der Waals surface area contributed by atoms with Crippen LogP contribution in [0.1, 0.15) is 33.1 Å². The van der Waals surface area contributed by atoms with Crippen LogP contribution in [0.25, 0.3) is 0 Å². The lowest BCUT2D eigenvalue weighted by molar-refractivity contribution is 0.0652. The highest BCUT2D eigenvalue weighted by molar-refractivity contribution is 4.84. The Balaban J connectivity index is 2.23. The minimum absolute atomic E-state index is 0.658. The Morgan fingerprint density at radius 1 is 1.35 bits per heavy atom. The molecule has 1 N–H and O–H groups in total. The molecule has 1 heterocycles. The Kier molecular flexibility index (Phi) is 7.49. The van der Waals surface area contributed by atoms with Crippen LogP contribution in [0.15, 0.2) is 12.7 Å². The molecular formula is C14H28N2O. The molecule has 1 aliphatic rings. The number of ether oxygens (including phenoxy) is 1. The fraction of sp³-hybridized carbons (Fsp3) is 0.857. The zero-order valence-electron chi connectivity index (χ0n) is 11.5. The summed E-state index contributed by atoms with van der Waals surface area (Å²) in [6.45, 7) is 13.2. The van der Waals surface area contributed by atoms with Gasteiger partial charge in [-0.25, -0.2) is 0 Å². The van der Waals surface area contributed by atoms with Gasteiger partial charge in [-0.05, 0) is 19.3 Å². The van der Waals surface area contributed by atoms with Gasteiger partial charge >= 0.3 is 0 Å². The Hall–Kier alpha value is -0.380. The second kappa shape index (κ2) is 8.67. The van der Waals surface area contributed by atoms with Crippen LogP contribution < -0.4 is 5.32 Å². The molecular weight excluding hydrogens is 212 g/mol. The number of nitrogens with one attached hydrogen (secondary N) is 1. The van der Waals surface area contributed by atoms with Crippen molar-refractivity contribution in [2.24, 2.45) is 0 Å². The molecule has 3 heteroatoms. The molecule has 0 aromatic carbocycles. The molecule has 0 aromatic rings. The minimum Gasteiger partial charge on any atom is -0.380 e. The second-order valence-electron chi connectivity index (χ2n) is 4.76. The summed E-state index contributed by atoms with van der Waals surface area (Å²) >= 11 is 0. The Morgan fingerprint density at radius 3 is 2.82 bits per heavy atom. The van der Waals surface area contributed by atoms with Crippen molar-refractivity contribution in [3.8, 4) is 0 Å². The van der Waals surface area contributed by atoms with Gasteiger partial charge in [-0.1, -0.05) is 19.9 Å². The SMILES string of the molecule is C=CCCOCCN1CC(CC)NCC1CC. The molecule has 0 saturated carbocycles. The summed E-state index contributed by atoms with van der Waals surface area (Å²) in [5, 5.41) is 3.61. The monoisotopic (exact) mass is 240 g/mol. The molecule has 0 aromatic heterocycles. The van der Waals surface area contributed by atoms with E-state index in [9.17, 15) is 0 Å². The zero-order valence-corrected chi connectivity index (χ0v) is 11.5. The van der Waals surface area contributed by atoms with Gasteiger partial charge in [0.1, 0.15) is 0 Å². The van der Waals surface area contributed by atoms with Crippen LogP contribution in [0.4, 0.5) is 0 Å². The Morgan fingerprint density at radius 2 is 2.18 bits per heavy atom. The average molecular weight is 240 g/mol. The first kappa shape index (κ1) is 14.7. The maximum absolute atomic E-state index is 5.61. The van der Waals surface area contributed by atoms with Gasteiger partial charge in [0.2, 0.25) is 0 Å². The van der Waals surface area contributed by atoms with E-state index in [0.29, 0.717) is 12.1 Å². The van der Waals surface area contributed by atoms with Gasteiger partial charge in [0, 0.05) is 31.7 Å². The van der Waals surface area contributed by atoms with Gasteiger partial charge in [0.25, 0.3) is 0 Å². The highest BCUT2D eigenvalue weighted by Crippen LogP contribution is 2.11. The molecule has 1 fully saturated rings. The van der Waals surface area contributed by atoms with Crippen LogP contribution in [0.3, 0.4) is 0 Å². The van der Waals surface area contributed by atoms with E-state index in [-0.39, 0.29) is 0 Å². The summed E-state index contributed by atoms with van der Waals surface area (Å²) in [7, 11) is 0. The number of hydrogen-bond acceptors (Lipinski definition) is 3. The first-order valence-electron chi connectivity index (χ1n) is 6.97. The van der Waals surface area contributed by atoms with E-state index in [4.69, 9.17) is 4.74 Å². The van der Waals surface area contributed by atoms with Gasteiger partial charge in [-0.15, -0.1) is 6.58 Å². The highest BCUT2D eigenvalue weighted by Gasteiger charge is 2.25. The fourth-order valence-corrected chi connectivity index (χ4v) is 2.33. The van der Waals surface area contributed by atoms with Gasteiger partial charge in [0.15, 0.2) is 0 Å². The van der Waals surface area contributed by atoms with E-state index in [1.807, 2.05) is 6.08 Å². The van der Waals surface area contributed by atoms with Crippen molar-refractivity contribution in [1.29, 1.82) is 0 Å². The van der Waals surface area contributed by atoms with E-state index in [1.165, 1.54) is 19.4 Å². The van der Waals surface area contributed by atoms with E-state index in [1.54, 1.807) is 0 Å². The van der Waals surface area contributed by atoms with Crippen LogP contribution in [-0.2, 0) is 4.74 Å². The minimum atomic E-state index is 0.658. The van der Waals surface area contributed by atoms with Crippen LogP contribution in [0.5, 0.6) is 0 Å². The van der Waals surface area contributed by atoms with Crippen LogP contribution in [-0.4, -0.2) is 49.8 Å². The van der Waals surface area contributed by atoms with Crippen molar-refractivity contribution in [2.75, 3.05) is 32.8 Å². The molecule has 17 heavy (non-hydrogen) atoms. The van der Waals surface area contributed by atoms with E-state index in [0.717, 1.165) is 32.7 Å². The van der Waals surface area contributed by atoms with Crippen LogP contribution in [0.2, 0.25) is 0 Å². The third-order valence-corrected chi connectivity index (χ3v) is 3.57. The van der Waals surface area contributed by atoms with Crippen LogP contribution in [0, 0.1) is 0 Å². The summed E-state index contributed by atoms with van der Waals surface area (Å²) in [4.78, 5) is 2.58. The van der Waals surface area contributed by atoms with Crippen molar-refractivity contribution >= 4 is 0 Å². The third-order valence-electron chi connectivity index (χ3n) is 3.57. The number of hydrogen-bond donors (Lipinski definition) is 1. The summed E-state index contributed by atoms with van der Waals surface area (Å²) < 4.78 is 5.61. The molecule has 1 rings (SSSR count). The molecule has 0 spiro atoms. The second-order valence-corrected chi connectivity index (χ2v) is 4.76. The standard InChI is InChI=1S/C14H28N2O/c1-4-7-9-17-10-8-16-12-13(5-2)15-11-14(16)6-3/h4,13-15H,1,5-12H2,2-3H3. The largest absolute Gasteiger partial charge is 0.380 e. The van der Waals surface area contributed by atoms with Gasteiger partial charge in [0.05, 0.1) is 13.2 Å². The molecule has 1 saturated heterocycles. The van der Waals surface area contributed by atoms with E-state index >= 15 is 0 Å². The molecule has 100 valence electrons. The first-order valence-corrected chi connectivity index (χ1v) is 6.97. The van der Waals surface area contributed by atoms with Crippen molar-refractivity contribution in [3.05, 3.63) is 12.7 Å². The van der Waals surface area contributed by atoms with E-state index < -0.39 is 0 Å². The molecule has 0 aliphatic carbocycles. The van der Waals surface area contributed by atoms with E-state index in [2.05, 4.69) is 30.6 Å². The van der Waals surface area contributed by atoms with Crippen molar-refractivity contribution < 1.29 is 4.74 Å². The first-order chi connectivity index (χ1) is 8.31. The summed E-state index contributed by atoms with van der Waals surface area (Å²) in [6.07, 6.45) is 5.30. The maximum atomic E-state index is 5.61. The molecule has 0 bridgehead atoms. The Bertz CT molecular complexity index is 208. The molecule has 0 amide bonds. The third kappa shape index (κ3) is 5.19.